The number of nitrogens with zero attached hydrogens (tertiary/aromatic N) is 2. The topological polar surface area (TPSA) is 82.6 Å². The van der Waals surface area contributed by atoms with Gasteiger partial charge in [-0.25, -0.2) is 14.8 Å². The van der Waals surface area contributed by atoms with E-state index in [0.717, 1.165) is 70.2 Å². The first kappa shape index (κ1) is 21.9. The summed E-state index contributed by atoms with van der Waals surface area (Å²) in [5, 5.41) is 5.81. The van der Waals surface area contributed by atoms with Crippen molar-refractivity contribution in [1.29, 1.82) is 0 Å². The molecule has 2 aromatic heterocycles. The van der Waals surface area contributed by atoms with Crippen LogP contribution in [0.5, 0.6) is 11.5 Å². The third-order valence-electron chi connectivity index (χ3n) is 6.67. The van der Waals surface area contributed by atoms with Gasteiger partial charge in [-0.05, 0) is 49.4 Å². The maximum atomic E-state index is 11.6. The van der Waals surface area contributed by atoms with Crippen molar-refractivity contribution in [3.63, 3.8) is 0 Å². The lowest BCUT2D eigenvalue weighted by Gasteiger charge is -2.23. The number of benzene rings is 2. The Bertz CT molecular complexity index is 1450. The van der Waals surface area contributed by atoms with E-state index in [1.54, 1.807) is 17.4 Å². The number of allylic oxidation sites excluding steroid dienone is 1. The third kappa shape index (κ3) is 4.30. The SMILES string of the molecule is COC(=O)C=C1CCC(c2nc(NCc3ccc4c(c3)OCO4)c3c(n2)sc2ccccc23)CC1. The van der Waals surface area contributed by atoms with Gasteiger partial charge in [-0.2, -0.15) is 0 Å². The molecule has 0 unspecified atom stereocenters. The summed E-state index contributed by atoms with van der Waals surface area (Å²) in [6, 6.07) is 14.4. The van der Waals surface area contributed by atoms with Crippen LogP contribution < -0.4 is 14.8 Å². The van der Waals surface area contributed by atoms with E-state index in [1.807, 2.05) is 18.2 Å². The second kappa shape index (κ2) is 9.19. The molecule has 0 radical (unpaired) electrons. The van der Waals surface area contributed by atoms with Crippen LogP contribution in [-0.2, 0) is 16.1 Å². The van der Waals surface area contributed by atoms with Gasteiger partial charge in [0.25, 0.3) is 0 Å². The van der Waals surface area contributed by atoms with Gasteiger partial charge in [-0.1, -0.05) is 29.8 Å². The molecule has 0 spiro atoms. The first-order valence-corrected chi connectivity index (χ1v) is 12.6. The van der Waals surface area contributed by atoms with Gasteiger partial charge in [0.15, 0.2) is 11.5 Å². The van der Waals surface area contributed by atoms with Crippen molar-refractivity contribution in [3.05, 3.63) is 65.5 Å². The second-order valence-electron chi connectivity index (χ2n) is 8.85. The minimum Gasteiger partial charge on any atom is -0.466 e. The summed E-state index contributed by atoms with van der Waals surface area (Å²) < 4.78 is 17.0. The number of rotatable bonds is 5. The average Bonchev–Trinajstić information content (AvgIpc) is 3.51. The number of hydrogen-bond acceptors (Lipinski definition) is 8. The van der Waals surface area contributed by atoms with Crippen molar-refractivity contribution in [1.82, 2.24) is 9.97 Å². The van der Waals surface area contributed by atoms with Crippen LogP contribution in [-0.4, -0.2) is 29.8 Å². The maximum Gasteiger partial charge on any atom is 0.330 e. The summed E-state index contributed by atoms with van der Waals surface area (Å²) >= 11 is 1.70. The Kier molecular flexibility index (Phi) is 5.74. The lowest BCUT2D eigenvalue weighted by Crippen LogP contribution is -2.13. The van der Waals surface area contributed by atoms with E-state index in [4.69, 9.17) is 24.2 Å². The predicted molar refractivity (Wildman–Crippen MR) is 136 cm³/mol. The fraction of sp³-hybridized carbons (Fsp3) is 0.296. The molecule has 4 aromatic rings. The van der Waals surface area contributed by atoms with Gasteiger partial charge in [-0.15, -0.1) is 11.3 Å². The number of carbonyl (C=O) groups excluding carboxylic acids is 1. The summed E-state index contributed by atoms with van der Waals surface area (Å²) in [6.07, 6.45) is 5.17. The smallest absolute Gasteiger partial charge is 0.330 e. The van der Waals surface area contributed by atoms with Crippen LogP contribution in [0.2, 0.25) is 0 Å². The fourth-order valence-corrected chi connectivity index (χ4v) is 5.89. The Morgan fingerprint density at radius 2 is 1.97 bits per heavy atom. The molecule has 3 heterocycles. The normalized spacial score (nSPS) is 17.1. The predicted octanol–water partition coefficient (Wildman–Crippen LogP) is 5.94. The zero-order valence-electron chi connectivity index (χ0n) is 19.4. The van der Waals surface area contributed by atoms with Crippen LogP contribution in [0.15, 0.2) is 54.1 Å². The molecule has 1 aliphatic carbocycles. The summed E-state index contributed by atoms with van der Waals surface area (Å²) in [4.78, 5) is 22.7. The average molecular weight is 488 g/mol. The molecular formula is C27H25N3O4S. The van der Waals surface area contributed by atoms with Crippen LogP contribution in [0.25, 0.3) is 20.3 Å². The number of esters is 1. The largest absolute Gasteiger partial charge is 0.466 e. The first-order chi connectivity index (χ1) is 17.2. The van der Waals surface area contributed by atoms with E-state index in [0.29, 0.717) is 6.54 Å². The van der Waals surface area contributed by atoms with Gasteiger partial charge < -0.3 is 19.5 Å². The molecular weight excluding hydrogens is 462 g/mol. The van der Waals surface area contributed by atoms with Gasteiger partial charge in [-0.3, -0.25) is 0 Å². The highest BCUT2D eigenvalue weighted by Crippen LogP contribution is 2.40. The Balaban J connectivity index is 1.32. The van der Waals surface area contributed by atoms with E-state index in [-0.39, 0.29) is 18.7 Å². The van der Waals surface area contributed by atoms with Crippen LogP contribution in [0.4, 0.5) is 5.82 Å². The van der Waals surface area contributed by atoms with Gasteiger partial charge in [0.1, 0.15) is 16.5 Å². The molecule has 8 heteroatoms. The molecule has 1 N–H and O–H groups in total. The molecule has 1 fully saturated rings. The Morgan fingerprint density at radius 1 is 1.14 bits per heavy atom. The van der Waals surface area contributed by atoms with E-state index in [9.17, 15) is 4.79 Å². The van der Waals surface area contributed by atoms with Gasteiger partial charge in [0.2, 0.25) is 6.79 Å². The van der Waals surface area contributed by atoms with Gasteiger partial charge in [0.05, 0.1) is 12.5 Å². The first-order valence-electron chi connectivity index (χ1n) is 11.8. The number of carbonyl (C=O) groups is 1. The number of methoxy groups -OCH3 is 1. The highest BCUT2D eigenvalue weighted by molar-refractivity contribution is 7.25. The van der Waals surface area contributed by atoms with E-state index in [1.165, 1.54) is 17.2 Å². The second-order valence-corrected chi connectivity index (χ2v) is 9.88. The third-order valence-corrected chi connectivity index (χ3v) is 7.73. The lowest BCUT2D eigenvalue weighted by molar-refractivity contribution is -0.134. The molecule has 0 saturated heterocycles. The summed E-state index contributed by atoms with van der Waals surface area (Å²) in [6.45, 7) is 0.879. The molecule has 0 atom stereocenters. The van der Waals surface area contributed by atoms with Crippen molar-refractivity contribution < 1.29 is 19.0 Å². The molecule has 1 aliphatic heterocycles. The van der Waals surface area contributed by atoms with Crippen LogP contribution in [0.1, 0.15) is 43.0 Å². The van der Waals surface area contributed by atoms with Crippen molar-refractivity contribution >= 4 is 43.4 Å². The van der Waals surface area contributed by atoms with Gasteiger partial charge in [0, 0.05) is 28.6 Å². The number of ether oxygens (including phenoxy) is 3. The lowest BCUT2D eigenvalue weighted by atomic mass is 9.85. The number of nitrogens with one attached hydrogen (secondary N) is 1. The summed E-state index contributed by atoms with van der Waals surface area (Å²) in [5.41, 5.74) is 2.23. The molecule has 2 aliphatic rings. The molecule has 7 nitrogen and oxygen atoms in total. The maximum absolute atomic E-state index is 11.6. The van der Waals surface area contributed by atoms with Gasteiger partial charge >= 0.3 is 5.97 Å². The number of thiophene rings is 1. The fourth-order valence-electron chi connectivity index (χ4n) is 4.80. The molecule has 178 valence electrons. The molecule has 0 bridgehead atoms. The summed E-state index contributed by atoms with van der Waals surface area (Å²) in [7, 11) is 1.41. The molecule has 1 saturated carbocycles. The molecule has 35 heavy (non-hydrogen) atoms. The zero-order chi connectivity index (χ0) is 23.8. The van der Waals surface area contributed by atoms with E-state index < -0.39 is 0 Å². The zero-order valence-corrected chi connectivity index (χ0v) is 20.2. The minimum absolute atomic E-state index is 0.255. The van der Waals surface area contributed by atoms with Crippen molar-refractivity contribution in [2.24, 2.45) is 0 Å². The monoisotopic (exact) mass is 487 g/mol. The Morgan fingerprint density at radius 3 is 2.83 bits per heavy atom. The minimum atomic E-state index is -0.281. The van der Waals surface area contributed by atoms with Crippen molar-refractivity contribution in [2.45, 2.75) is 38.1 Å². The molecule has 0 amide bonds. The Hall–Kier alpha value is -3.65. The number of aromatic nitrogens is 2. The van der Waals surface area contributed by atoms with Crippen LogP contribution in [0.3, 0.4) is 0 Å². The Labute approximate surface area is 206 Å². The van der Waals surface area contributed by atoms with E-state index >= 15 is 0 Å². The van der Waals surface area contributed by atoms with E-state index in [2.05, 4.69) is 29.6 Å². The number of hydrogen-bond donors (Lipinski definition) is 1. The molecule has 6 rings (SSSR count). The number of anilines is 1. The molecule has 2 aromatic carbocycles. The quantitative estimate of drug-likeness (QED) is 0.275. The highest BCUT2D eigenvalue weighted by Gasteiger charge is 2.24. The van der Waals surface area contributed by atoms with Crippen molar-refractivity contribution in [3.8, 4) is 11.5 Å². The standard InChI is InChI=1S/C27H25N3O4S/c1-32-23(31)13-16-6-9-18(10-7-16)25-29-26(24-19-4-2-3-5-22(19)35-27(24)30-25)28-14-17-8-11-20-21(12-17)34-15-33-20/h2-5,8,11-13,18H,6-7,9-10,14-15H2,1H3,(H,28,29,30). The van der Waals surface area contributed by atoms with Crippen LogP contribution in [0, 0.1) is 0 Å². The van der Waals surface area contributed by atoms with Crippen molar-refractivity contribution in [2.75, 3.05) is 19.2 Å². The number of fused-ring (bicyclic) bond motifs is 4. The summed E-state index contributed by atoms with van der Waals surface area (Å²) in [5.74, 6) is 3.26. The highest BCUT2D eigenvalue weighted by atomic mass is 32.1. The van der Waals surface area contributed by atoms with Crippen LogP contribution >= 0.6 is 11.3 Å².